The van der Waals surface area contributed by atoms with Gasteiger partial charge in [0.1, 0.15) is 5.69 Å². The summed E-state index contributed by atoms with van der Waals surface area (Å²) in [4.78, 5) is 19.0. The van der Waals surface area contributed by atoms with Crippen molar-refractivity contribution in [3.05, 3.63) is 37.5 Å². The summed E-state index contributed by atoms with van der Waals surface area (Å²) in [5.74, 6) is -0.125. The largest absolute Gasteiger partial charge is 0.344 e. The van der Waals surface area contributed by atoms with Gasteiger partial charge in [-0.2, -0.15) is 0 Å². The molecule has 2 heterocycles. The molecular formula is C14H19N3OS2. The van der Waals surface area contributed by atoms with Crippen LogP contribution in [-0.4, -0.2) is 17.4 Å². The molecule has 0 fully saturated rings. The SMILES string of the molecule is Cc1cc(C(C)NC(=O)c2csc(CCN)n2)c(C)s1. The summed E-state index contributed by atoms with van der Waals surface area (Å²) >= 11 is 3.24. The maximum absolute atomic E-state index is 12.2. The zero-order valence-electron chi connectivity index (χ0n) is 11.9. The molecule has 0 saturated heterocycles. The second kappa shape index (κ2) is 6.47. The van der Waals surface area contributed by atoms with Crippen LogP contribution < -0.4 is 11.1 Å². The van der Waals surface area contributed by atoms with E-state index < -0.39 is 0 Å². The van der Waals surface area contributed by atoms with E-state index in [-0.39, 0.29) is 11.9 Å². The van der Waals surface area contributed by atoms with Gasteiger partial charge in [0.05, 0.1) is 11.0 Å². The normalized spacial score (nSPS) is 12.4. The molecule has 6 heteroatoms. The van der Waals surface area contributed by atoms with Gasteiger partial charge in [0, 0.05) is 21.6 Å². The van der Waals surface area contributed by atoms with Crippen LogP contribution in [0.5, 0.6) is 0 Å². The number of amides is 1. The van der Waals surface area contributed by atoms with Crippen LogP contribution in [0.4, 0.5) is 0 Å². The van der Waals surface area contributed by atoms with E-state index in [4.69, 9.17) is 5.73 Å². The van der Waals surface area contributed by atoms with E-state index >= 15 is 0 Å². The zero-order chi connectivity index (χ0) is 14.7. The predicted octanol–water partition coefficient (Wildman–Crippen LogP) is 2.81. The molecule has 0 radical (unpaired) electrons. The van der Waals surface area contributed by atoms with E-state index in [0.29, 0.717) is 12.2 Å². The Morgan fingerprint density at radius 2 is 2.25 bits per heavy atom. The summed E-state index contributed by atoms with van der Waals surface area (Å²) in [5.41, 5.74) is 7.15. The lowest BCUT2D eigenvalue weighted by atomic mass is 10.1. The predicted molar refractivity (Wildman–Crippen MR) is 84.5 cm³/mol. The summed E-state index contributed by atoms with van der Waals surface area (Å²) in [7, 11) is 0. The number of hydrogen-bond donors (Lipinski definition) is 2. The molecule has 0 aliphatic carbocycles. The van der Waals surface area contributed by atoms with E-state index in [9.17, 15) is 4.79 Å². The van der Waals surface area contributed by atoms with Crippen LogP contribution in [0.25, 0.3) is 0 Å². The van der Waals surface area contributed by atoms with Crippen LogP contribution in [0.3, 0.4) is 0 Å². The molecule has 3 N–H and O–H groups in total. The van der Waals surface area contributed by atoms with Crippen molar-refractivity contribution in [2.45, 2.75) is 33.2 Å². The van der Waals surface area contributed by atoms with Gasteiger partial charge in [0.25, 0.3) is 5.91 Å². The van der Waals surface area contributed by atoms with Gasteiger partial charge in [-0.05, 0) is 38.9 Å². The number of thiazole rings is 1. The maximum atomic E-state index is 12.2. The van der Waals surface area contributed by atoms with Crippen LogP contribution in [0.1, 0.15) is 43.8 Å². The molecule has 0 aromatic carbocycles. The fraction of sp³-hybridized carbons (Fsp3) is 0.429. The molecule has 4 nitrogen and oxygen atoms in total. The van der Waals surface area contributed by atoms with Gasteiger partial charge in [-0.3, -0.25) is 4.79 Å². The fourth-order valence-corrected chi connectivity index (χ4v) is 3.90. The second-order valence-electron chi connectivity index (χ2n) is 4.73. The lowest BCUT2D eigenvalue weighted by Crippen LogP contribution is -2.27. The molecule has 20 heavy (non-hydrogen) atoms. The topological polar surface area (TPSA) is 68.0 Å². The third-order valence-corrected chi connectivity index (χ3v) is 4.93. The molecule has 2 aromatic heterocycles. The van der Waals surface area contributed by atoms with Crippen molar-refractivity contribution in [1.29, 1.82) is 0 Å². The standard InChI is InChI=1S/C14H19N3OS2/c1-8-6-11(10(3)20-8)9(2)16-14(18)12-7-19-13(17-12)4-5-15/h6-7,9H,4-5,15H2,1-3H3,(H,16,18). The Hall–Kier alpha value is -1.24. The summed E-state index contributed by atoms with van der Waals surface area (Å²) in [6.45, 7) is 6.71. The van der Waals surface area contributed by atoms with Gasteiger partial charge in [0.2, 0.25) is 0 Å². The highest BCUT2D eigenvalue weighted by atomic mass is 32.1. The minimum Gasteiger partial charge on any atom is -0.344 e. The molecule has 1 atom stereocenters. The number of nitrogens with two attached hydrogens (primary N) is 1. The summed E-state index contributed by atoms with van der Waals surface area (Å²) in [6, 6.07) is 2.12. The lowest BCUT2D eigenvalue weighted by molar-refractivity contribution is 0.0935. The van der Waals surface area contributed by atoms with Gasteiger partial charge in [-0.1, -0.05) is 0 Å². The highest BCUT2D eigenvalue weighted by molar-refractivity contribution is 7.12. The van der Waals surface area contributed by atoms with Crippen molar-refractivity contribution in [2.24, 2.45) is 5.73 Å². The van der Waals surface area contributed by atoms with E-state index in [1.54, 1.807) is 16.7 Å². The Labute approximate surface area is 127 Å². The Bertz CT molecular complexity index is 603. The van der Waals surface area contributed by atoms with Gasteiger partial charge in [-0.25, -0.2) is 4.98 Å². The van der Waals surface area contributed by atoms with Gasteiger partial charge >= 0.3 is 0 Å². The monoisotopic (exact) mass is 309 g/mol. The van der Waals surface area contributed by atoms with Crippen LogP contribution >= 0.6 is 22.7 Å². The Morgan fingerprint density at radius 3 is 2.85 bits per heavy atom. The van der Waals surface area contributed by atoms with Crippen molar-refractivity contribution in [2.75, 3.05) is 6.54 Å². The third kappa shape index (κ3) is 3.45. The minimum atomic E-state index is -0.125. The quantitative estimate of drug-likeness (QED) is 0.892. The first-order valence-corrected chi connectivity index (χ1v) is 8.23. The summed E-state index contributed by atoms with van der Waals surface area (Å²) < 4.78 is 0. The van der Waals surface area contributed by atoms with Crippen LogP contribution in [0, 0.1) is 13.8 Å². The van der Waals surface area contributed by atoms with Gasteiger partial charge in [-0.15, -0.1) is 22.7 Å². The molecule has 1 unspecified atom stereocenters. The molecule has 0 spiro atoms. The molecule has 0 saturated carbocycles. The van der Waals surface area contributed by atoms with Crippen LogP contribution in [0.2, 0.25) is 0 Å². The first-order chi connectivity index (χ1) is 9.51. The molecule has 2 aromatic rings. The van der Waals surface area contributed by atoms with Crippen molar-refractivity contribution in [1.82, 2.24) is 10.3 Å². The van der Waals surface area contributed by atoms with Crippen LogP contribution in [-0.2, 0) is 6.42 Å². The smallest absolute Gasteiger partial charge is 0.271 e. The number of rotatable bonds is 5. The molecule has 0 aliphatic rings. The fourth-order valence-electron chi connectivity index (χ4n) is 2.08. The molecule has 0 bridgehead atoms. The number of aryl methyl sites for hydroxylation is 2. The number of nitrogens with zero attached hydrogens (tertiary/aromatic N) is 1. The van der Waals surface area contributed by atoms with Crippen molar-refractivity contribution in [3.63, 3.8) is 0 Å². The average Bonchev–Trinajstić information content (AvgIpc) is 2.96. The number of carbonyl (C=O) groups excluding carboxylic acids is 1. The number of hydrogen-bond acceptors (Lipinski definition) is 5. The van der Waals surface area contributed by atoms with Crippen molar-refractivity contribution >= 4 is 28.6 Å². The summed E-state index contributed by atoms with van der Waals surface area (Å²) in [6.07, 6.45) is 0.719. The third-order valence-electron chi connectivity index (χ3n) is 3.04. The number of aromatic nitrogens is 1. The molecule has 108 valence electrons. The first kappa shape index (κ1) is 15.2. The van der Waals surface area contributed by atoms with Crippen molar-refractivity contribution < 1.29 is 4.79 Å². The highest BCUT2D eigenvalue weighted by Gasteiger charge is 2.16. The summed E-state index contributed by atoms with van der Waals surface area (Å²) in [5, 5.41) is 5.70. The average molecular weight is 309 g/mol. The van der Waals surface area contributed by atoms with Gasteiger partial charge in [0.15, 0.2) is 0 Å². The molecule has 1 amide bonds. The van der Waals surface area contributed by atoms with E-state index in [1.165, 1.54) is 26.7 Å². The number of carbonyl (C=O) groups is 1. The highest BCUT2D eigenvalue weighted by Crippen LogP contribution is 2.26. The van der Waals surface area contributed by atoms with Gasteiger partial charge < -0.3 is 11.1 Å². The molecular weight excluding hydrogens is 290 g/mol. The minimum absolute atomic E-state index is 0.00731. The lowest BCUT2D eigenvalue weighted by Gasteiger charge is -2.12. The number of thiophene rings is 1. The van der Waals surface area contributed by atoms with E-state index in [0.717, 1.165) is 11.4 Å². The van der Waals surface area contributed by atoms with Crippen LogP contribution in [0.15, 0.2) is 11.4 Å². The number of nitrogens with one attached hydrogen (secondary N) is 1. The Kier molecular flexibility index (Phi) is 4.91. The Balaban J connectivity index is 2.05. The second-order valence-corrected chi connectivity index (χ2v) is 7.13. The Morgan fingerprint density at radius 1 is 1.50 bits per heavy atom. The molecule has 0 aliphatic heterocycles. The maximum Gasteiger partial charge on any atom is 0.271 e. The first-order valence-electron chi connectivity index (χ1n) is 6.53. The molecule has 2 rings (SSSR count). The van der Waals surface area contributed by atoms with E-state index in [1.807, 2.05) is 6.92 Å². The van der Waals surface area contributed by atoms with E-state index in [2.05, 4.69) is 30.2 Å². The van der Waals surface area contributed by atoms with Crippen molar-refractivity contribution in [3.8, 4) is 0 Å². The zero-order valence-corrected chi connectivity index (χ0v) is 13.5.